The SMILES string of the molecule is C=CCOC(=O)N1CCC2C(c3ccco3)Nc3ccc(C(=O)N4CCCCC4)cc3C21. The van der Waals surface area contributed by atoms with E-state index < -0.39 is 0 Å². The van der Waals surface area contributed by atoms with Gasteiger partial charge in [0.2, 0.25) is 0 Å². The first-order valence-electron chi connectivity index (χ1n) is 11.4. The number of carbonyl (C=O) groups is 2. The van der Waals surface area contributed by atoms with Crippen molar-refractivity contribution < 1.29 is 18.7 Å². The van der Waals surface area contributed by atoms with Crippen LogP contribution in [0.1, 0.15) is 59.4 Å². The topological polar surface area (TPSA) is 75.0 Å². The number of carbonyl (C=O) groups excluding carboxylic acids is 2. The molecule has 168 valence electrons. The molecule has 0 spiro atoms. The lowest BCUT2D eigenvalue weighted by molar-refractivity contribution is 0.0724. The third-order valence-corrected chi connectivity index (χ3v) is 6.85. The zero-order valence-electron chi connectivity index (χ0n) is 18.2. The number of ether oxygens (including phenoxy) is 1. The number of nitrogens with zero attached hydrogens (tertiary/aromatic N) is 2. The molecule has 2 saturated heterocycles. The minimum Gasteiger partial charge on any atom is -0.467 e. The van der Waals surface area contributed by atoms with Crippen molar-refractivity contribution in [3.8, 4) is 0 Å². The third-order valence-electron chi connectivity index (χ3n) is 6.85. The molecule has 0 saturated carbocycles. The molecular weight excluding hydrogens is 406 g/mol. The van der Waals surface area contributed by atoms with E-state index in [4.69, 9.17) is 9.15 Å². The largest absolute Gasteiger partial charge is 0.467 e. The van der Waals surface area contributed by atoms with Crippen LogP contribution in [-0.4, -0.2) is 48.0 Å². The fourth-order valence-corrected chi connectivity index (χ4v) is 5.36. The Morgan fingerprint density at radius 2 is 2.03 bits per heavy atom. The molecule has 2 aromatic rings. The summed E-state index contributed by atoms with van der Waals surface area (Å²) >= 11 is 0. The van der Waals surface area contributed by atoms with Crippen LogP contribution in [0.15, 0.2) is 53.7 Å². The van der Waals surface area contributed by atoms with E-state index in [1.807, 2.05) is 35.2 Å². The van der Waals surface area contributed by atoms with Gasteiger partial charge < -0.3 is 24.3 Å². The van der Waals surface area contributed by atoms with Gasteiger partial charge in [0.1, 0.15) is 12.4 Å². The number of amides is 2. The van der Waals surface area contributed by atoms with Crippen LogP contribution in [0.3, 0.4) is 0 Å². The number of nitrogens with one attached hydrogen (secondary N) is 1. The van der Waals surface area contributed by atoms with E-state index in [0.29, 0.717) is 12.1 Å². The highest BCUT2D eigenvalue weighted by Gasteiger charge is 2.48. The quantitative estimate of drug-likeness (QED) is 0.701. The number of fused-ring (bicyclic) bond motifs is 3. The Morgan fingerprint density at radius 1 is 1.19 bits per heavy atom. The van der Waals surface area contributed by atoms with Crippen molar-refractivity contribution in [2.45, 2.75) is 37.8 Å². The minimum atomic E-state index is -0.351. The summed E-state index contributed by atoms with van der Waals surface area (Å²) in [6, 6.07) is 9.42. The molecule has 3 aliphatic heterocycles. The van der Waals surface area contributed by atoms with Gasteiger partial charge in [0, 0.05) is 36.8 Å². The predicted octanol–water partition coefficient (Wildman–Crippen LogP) is 4.76. The maximum Gasteiger partial charge on any atom is 0.410 e. The molecule has 0 aliphatic carbocycles. The predicted molar refractivity (Wildman–Crippen MR) is 120 cm³/mol. The monoisotopic (exact) mass is 435 g/mol. The van der Waals surface area contributed by atoms with Crippen molar-refractivity contribution in [1.29, 1.82) is 0 Å². The summed E-state index contributed by atoms with van der Waals surface area (Å²) in [6.45, 7) is 6.02. The smallest absolute Gasteiger partial charge is 0.410 e. The van der Waals surface area contributed by atoms with Gasteiger partial charge in [-0.2, -0.15) is 0 Å². The Hall–Kier alpha value is -3.22. The highest BCUT2D eigenvalue weighted by molar-refractivity contribution is 5.95. The Labute approximate surface area is 188 Å². The molecule has 2 fully saturated rings. The number of hydrogen-bond acceptors (Lipinski definition) is 5. The minimum absolute atomic E-state index is 0.0525. The van der Waals surface area contributed by atoms with E-state index >= 15 is 0 Å². The van der Waals surface area contributed by atoms with E-state index in [0.717, 1.165) is 49.4 Å². The van der Waals surface area contributed by atoms with Crippen LogP contribution in [-0.2, 0) is 4.74 Å². The van der Waals surface area contributed by atoms with Crippen molar-refractivity contribution >= 4 is 17.7 Å². The Bertz CT molecular complexity index is 997. The maximum absolute atomic E-state index is 13.2. The van der Waals surface area contributed by atoms with Crippen LogP contribution in [0.25, 0.3) is 0 Å². The molecule has 1 aromatic carbocycles. The van der Waals surface area contributed by atoms with Gasteiger partial charge in [-0.25, -0.2) is 4.79 Å². The van der Waals surface area contributed by atoms with Crippen molar-refractivity contribution in [1.82, 2.24) is 9.80 Å². The first-order valence-corrected chi connectivity index (χ1v) is 11.4. The standard InChI is InChI=1S/C25H29N3O4/c1-2-14-32-25(30)28-13-10-18-22(21-7-6-15-31-21)26-20-9-8-17(16-19(20)23(18)28)24(29)27-11-4-3-5-12-27/h2,6-9,15-16,18,22-23,26H,1,3-5,10-14H2. The van der Waals surface area contributed by atoms with Gasteiger partial charge in [-0.05, 0) is 61.6 Å². The van der Waals surface area contributed by atoms with Crippen molar-refractivity contribution in [2.75, 3.05) is 31.6 Å². The Kier molecular flexibility index (Phi) is 5.64. The number of hydrogen-bond donors (Lipinski definition) is 1. The first-order chi connectivity index (χ1) is 15.7. The van der Waals surface area contributed by atoms with Gasteiger partial charge in [0.15, 0.2) is 0 Å². The lowest BCUT2D eigenvalue weighted by atomic mass is 9.81. The lowest BCUT2D eigenvalue weighted by Gasteiger charge is -2.39. The summed E-state index contributed by atoms with van der Waals surface area (Å²) in [4.78, 5) is 29.8. The number of benzene rings is 1. The zero-order chi connectivity index (χ0) is 22.1. The summed E-state index contributed by atoms with van der Waals surface area (Å²) in [5.41, 5.74) is 2.56. The molecule has 2 amide bonds. The molecule has 0 bridgehead atoms. The summed E-state index contributed by atoms with van der Waals surface area (Å²) in [5, 5.41) is 3.61. The first kappa shape index (κ1) is 20.7. The van der Waals surface area contributed by atoms with Gasteiger partial charge in [-0.15, -0.1) is 0 Å². The summed E-state index contributed by atoms with van der Waals surface area (Å²) in [5.74, 6) is 1.03. The number of anilines is 1. The molecule has 7 nitrogen and oxygen atoms in total. The summed E-state index contributed by atoms with van der Waals surface area (Å²) in [7, 11) is 0. The van der Waals surface area contributed by atoms with Crippen molar-refractivity contribution in [2.24, 2.45) is 5.92 Å². The Morgan fingerprint density at radius 3 is 2.78 bits per heavy atom. The third kappa shape index (κ3) is 3.66. The van der Waals surface area contributed by atoms with E-state index in [1.54, 1.807) is 17.2 Å². The van der Waals surface area contributed by atoms with Crippen LogP contribution >= 0.6 is 0 Å². The summed E-state index contributed by atoms with van der Waals surface area (Å²) < 4.78 is 11.1. The molecule has 7 heteroatoms. The average Bonchev–Trinajstić information content (AvgIpc) is 3.52. The van der Waals surface area contributed by atoms with E-state index in [-0.39, 0.29) is 36.6 Å². The van der Waals surface area contributed by atoms with Crippen LogP contribution in [0.5, 0.6) is 0 Å². The van der Waals surface area contributed by atoms with Crippen molar-refractivity contribution in [3.05, 3.63) is 66.1 Å². The van der Waals surface area contributed by atoms with Crippen LogP contribution in [0.2, 0.25) is 0 Å². The molecule has 4 heterocycles. The second-order valence-corrected chi connectivity index (χ2v) is 8.75. The lowest BCUT2D eigenvalue weighted by Crippen LogP contribution is -2.38. The summed E-state index contributed by atoms with van der Waals surface area (Å²) in [6.07, 6.45) is 6.99. The highest BCUT2D eigenvalue weighted by Crippen LogP contribution is 2.51. The molecule has 3 aliphatic rings. The molecule has 1 N–H and O–H groups in total. The second kappa shape index (κ2) is 8.73. The van der Waals surface area contributed by atoms with Gasteiger partial charge in [0.25, 0.3) is 5.91 Å². The fourth-order valence-electron chi connectivity index (χ4n) is 5.36. The van der Waals surface area contributed by atoms with Gasteiger partial charge in [0.05, 0.1) is 18.3 Å². The van der Waals surface area contributed by atoms with Crippen LogP contribution < -0.4 is 5.32 Å². The zero-order valence-corrected chi connectivity index (χ0v) is 18.2. The number of furan rings is 1. The molecule has 0 radical (unpaired) electrons. The highest BCUT2D eigenvalue weighted by atomic mass is 16.6. The molecule has 1 aromatic heterocycles. The van der Waals surface area contributed by atoms with Crippen molar-refractivity contribution in [3.63, 3.8) is 0 Å². The number of likely N-dealkylation sites (tertiary alicyclic amines) is 2. The fraction of sp³-hybridized carbons (Fsp3) is 0.440. The maximum atomic E-state index is 13.2. The van der Waals surface area contributed by atoms with Crippen LogP contribution in [0.4, 0.5) is 10.5 Å². The van der Waals surface area contributed by atoms with E-state index in [1.165, 1.54) is 6.42 Å². The molecule has 3 unspecified atom stereocenters. The van der Waals surface area contributed by atoms with E-state index in [2.05, 4.69) is 11.9 Å². The molecule has 3 atom stereocenters. The number of piperidine rings is 1. The second-order valence-electron chi connectivity index (χ2n) is 8.75. The van der Waals surface area contributed by atoms with Gasteiger partial charge >= 0.3 is 6.09 Å². The number of rotatable bonds is 4. The average molecular weight is 436 g/mol. The van der Waals surface area contributed by atoms with Gasteiger partial charge in [-0.3, -0.25) is 4.79 Å². The molecule has 32 heavy (non-hydrogen) atoms. The molecule has 5 rings (SSSR count). The van der Waals surface area contributed by atoms with Gasteiger partial charge in [-0.1, -0.05) is 12.7 Å². The Balaban J connectivity index is 1.51. The van der Waals surface area contributed by atoms with Crippen LogP contribution in [0, 0.1) is 5.92 Å². The molecular formula is C25H29N3O4. The normalized spacial score (nSPS) is 24.3. The van der Waals surface area contributed by atoms with E-state index in [9.17, 15) is 9.59 Å².